The van der Waals surface area contributed by atoms with Crippen LogP contribution in [0.1, 0.15) is 18.1 Å². The van der Waals surface area contributed by atoms with Crippen molar-refractivity contribution < 1.29 is 14.3 Å². The summed E-state index contributed by atoms with van der Waals surface area (Å²) in [5.41, 5.74) is 1.10. The van der Waals surface area contributed by atoms with E-state index < -0.39 is 0 Å². The van der Waals surface area contributed by atoms with Crippen LogP contribution in [0.25, 0.3) is 0 Å². The van der Waals surface area contributed by atoms with Crippen LogP contribution in [0.4, 0.5) is 0 Å². The number of hydrogen-bond acceptors (Lipinski definition) is 4. The van der Waals surface area contributed by atoms with Gasteiger partial charge >= 0.3 is 5.97 Å². The van der Waals surface area contributed by atoms with Gasteiger partial charge in [0.1, 0.15) is 6.10 Å². The monoisotopic (exact) mass is 261 g/mol. The Morgan fingerprint density at radius 2 is 1.89 bits per heavy atom. The summed E-state index contributed by atoms with van der Waals surface area (Å²) in [6.45, 7) is 4.17. The fourth-order valence-electron chi connectivity index (χ4n) is 2.76. The standard InChI is InChI=1S/C15H19NO3/c17-15-13(11-16-6-8-18-9-7-16)10-14(19-15)12-4-2-1-3-5-12/h1-5,13-14H,6-11H2/t13-,14+/m0/s1. The average molecular weight is 261 g/mol. The molecule has 0 saturated carbocycles. The second kappa shape index (κ2) is 5.72. The zero-order valence-corrected chi connectivity index (χ0v) is 11.0. The minimum atomic E-state index is -0.0697. The summed E-state index contributed by atoms with van der Waals surface area (Å²) in [4.78, 5) is 14.2. The van der Waals surface area contributed by atoms with Crippen LogP contribution in [0.15, 0.2) is 30.3 Å². The van der Waals surface area contributed by atoms with Crippen molar-refractivity contribution in [3.8, 4) is 0 Å². The van der Waals surface area contributed by atoms with E-state index >= 15 is 0 Å². The molecular formula is C15H19NO3. The van der Waals surface area contributed by atoms with Gasteiger partial charge < -0.3 is 9.47 Å². The quantitative estimate of drug-likeness (QED) is 0.775. The molecule has 19 heavy (non-hydrogen) atoms. The Labute approximate surface area is 113 Å². The van der Waals surface area contributed by atoms with Crippen LogP contribution in [-0.2, 0) is 14.3 Å². The van der Waals surface area contributed by atoms with E-state index in [0.29, 0.717) is 0 Å². The van der Waals surface area contributed by atoms with Gasteiger partial charge in [0.25, 0.3) is 0 Å². The van der Waals surface area contributed by atoms with Crippen molar-refractivity contribution in [2.45, 2.75) is 12.5 Å². The molecule has 0 aromatic heterocycles. The van der Waals surface area contributed by atoms with Gasteiger partial charge in [-0.25, -0.2) is 0 Å². The molecule has 3 rings (SSSR count). The van der Waals surface area contributed by atoms with Gasteiger partial charge in [0.2, 0.25) is 0 Å². The van der Waals surface area contributed by atoms with E-state index in [4.69, 9.17) is 9.47 Å². The topological polar surface area (TPSA) is 38.8 Å². The van der Waals surface area contributed by atoms with Crippen molar-refractivity contribution in [3.05, 3.63) is 35.9 Å². The van der Waals surface area contributed by atoms with Crippen LogP contribution in [0, 0.1) is 5.92 Å². The number of hydrogen-bond donors (Lipinski definition) is 0. The van der Waals surface area contributed by atoms with Gasteiger partial charge in [0.05, 0.1) is 19.1 Å². The third kappa shape index (κ3) is 2.96. The molecule has 0 spiro atoms. The zero-order chi connectivity index (χ0) is 13.1. The summed E-state index contributed by atoms with van der Waals surface area (Å²) in [7, 11) is 0. The molecule has 2 aliphatic heterocycles. The van der Waals surface area contributed by atoms with Gasteiger partial charge in [-0.2, -0.15) is 0 Å². The van der Waals surface area contributed by atoms with Gasteiger partial charge in [-0.15, -0.1) is 0 Å². The number of morpholine rings is 1. The largest absolute Gasteiger partial charge is 0.457 e. The first-order valence-corrected chi connectivity index (χ1v) is 6.88. The lowest BCUT2D eigenvalue weighted by molar-refractivity contribution is -0.145. The number of rotatable bonds is 3. The number of nitrogens with zero attached hydrogens (tertiary/aromatic N) is 1. The van der Waals surface area contributed by atoms with Crippen LogP contribution in [-0.4, -0.2) is 43.7 Å². The Kier molecular flexibility index (Phi) is 3.80. The van der Waals surface area contributed by atoms with E-state index in [-0.39, 0.29) is 18.0 Å². The summed E-state index contributed by atoms with van der Waals surface area (Å²) in [6, 6.07) is 9.99. The molecule has 4 nitrogen and oxygen atoms in total. The third-order valence-corrected chi connectivity index (χ3v) is 3.84. The third-order valence-electron chi connectivity index (χ3n) is 3.84. The fourth-order valence-corrected chi connectivity index (χ4v) is 2.76. The van der Waals surface area contributed by atoms with Crippen LogP contribution >= 0.6 is 0 Å². The van der Waals surface area contributed by atoms with E-state index in [2.05, 4.69) is 4.90 Å². The normalized spacial score (nSPS) is 28.3. The molecule has 0 N–H and O–H groups in total. The van der Waals surface area contributed by atoms with Crippen molar-refractivity contribution in [2.75, 3.05) is 32.8 Å². The average Bonchev–Trinajstić information content (AvgIpc) is 2.82. The maximum atomic E-state index is 12.0. The first-order valence-electron chi connectivity index (χ1n) is 6.88. The highest BCUT2D eigenvalue weighted by molar-refractivity contribution is 5.75. The molecule has 0 bridgehead atoms. The van der Waals surface area contributed by atoms with Crippen molar-refractivity contribution in [2.24, 2.45) is 5.92 Å². The Balaban J connectivity index is 1.60. The summed E-state index contributed by atoms with van der Waals surface area (Å²) < 4.78 is 10.8. The lowest BCUT2D eigenvalue weighted by atomic mass is 9.99. The highest BCUT2D eigenvalue weighted by atomic mass is 16.6. The maximum absolute atomic E-state index is 12.0. The number of benzene rings is 1. The van der Waals surface area contributed by atoms with Crippen LogP contribution < -0.4 is 0 Å². The van der Waals surface area contributed by atoms with Crippen molar-refractivity contribution in [3.63, 3.8) is 0 Å². The van der Waals surface area contributed by atoms with Crippen molar-refractivity contribution >= 4 is 5.97 Å². The molecule has 2 heterocycles. The molecule has 2 fully saturated rings. The van der Waals surface area contributed by atoms with E-state index in [1.165, 1.54) is 0 Å². The van der Waals surface area contributed by atoms with Crippen molar-refractivity contribution in [1.82, 2.24) is 4.90 Å². The summed E-state index contributed by atoms with van der Waals surface area (Å²) in [5.74, 6) is -0.0522. The number of carbonyl (C=O) groups is 1. The molecule has 1 aromatic rings. The lowest BCUT2D eigenvalue weighted by Gasteiger charge is -2.27. The second-order valence-electron chi connectivity index (χ2n) is 5.18. The van der Waals surface area contributed by atoms with Gasteiger partial charge in [-0.05, 0) is 5.56 Å². The van der Waals surface area contributed by atoms with E-state index in [0.717, 1.165) is 44.8 Å². The summed E-state index contributed by atoms with van der Waals surface area (Å²) >= 11 is 0. The van der Waals surface area contributed by atoms with E-state index in [9.17, 15) is 4.79 Å². The van der Waals surface area contributed by atoms with Gasteiger partial charge in [0, 0.05) is 26.1 Å². The number of cyclic esters (lactones) is 1. The predicted octanol–water partition coefficient (Wildman–Crippen LogP) is 1.62. The molecule has 0 aliphatic carbocycles. The van der Waals surface area contributed by atoms with Gasteiger partial charge in [0.15, 0.2) is 0 Å². The zero-order valence-electron chi connectivity index (χ0n) is 11.0. The van der Waals surface area contributed by atoms with Crippen LogP contribution in [0.2, 0.25) is 0 Å². The molecule has 0 radical (unpaired) electrons. The second-order valence-corrected chi connectivity index (χ2v) is 5.18. The number of carbonyl (C=O) groups excluding carboxylic acids is 1. The molecule has 0 unspecified atom stereocenters. The lowest BCUT2D eigenvalue weighted by Crippen LogP contribution is -2.40. The molecule has 2 atom stereocenters. The first-order chi connectivity index (χ1) is 9.33. The van der Waals surface area contributed by atoms with Crippen LogP contribution in [0.5, 0.6) is 0 Å². The molecule has 1 aromatic carbocycles. The van der Waals surface area contributed by atoms with Crippen molar-refractivity contribution in [1.29, 1.82) is 0 Å². The minimum Gasteiger partial charge on any atom is -0.457 e. The molecule has 102 valence electrons. The highest BCUT2D eigenvalue weighted by Gasteiger charge is 2.36. The summed E-state index contributed by atoms with van der Waals surface area (Å²) in [6.07, 6.45) is 0.722. The minimum absolute atomic E-state index is 0.00306. The number of esters is 1. The Bertz CT molecular complexity index is 428. The SMILES string of the molecule is O=C1O[C@@H](c2ccccc2)C[C@H]1CN1CCOCC1. The maximum Gasteiger partial charge on any atom is 0.311 e. The number of ether oxygens (including phenoxy) is 2. The Hall–Kier alpha value is -1.39. The van der Waals surface area contributed by atoms with E-state index in [1.807, 2.05) is 30.3 Å². The molecular weight excluding hydrogens is 242 g/mol. The van der Waals surface area contributed by atoms with Crippen LogP contribution in [0.3, 0.4) is 0 Å². The van der Waals surface area contributed by atoms with E-state index in [1.54, 1.807) is 0 Å². The molecule has 0 amide bonds. The first kappa shape index (κ1) is 12.6. The Morgan fingerprint density at radius 3 is 2.63 bits per heavy atom. The smallest absolute Gasteiger partial charge is 0.311 e. The highest BCUT2D eigenvalue weighted by Crippen LogP contribution is 2.33. The van der Waals surface area contributed by atoms with Gasteiger partial charge in [-0.3, -0.25) is 9.69 Å². The predicted molar refractivity (Wildman–Crippen MR) is 70.6 cm³/mol. The fraction of sp³-hybridized carbons (Fsp3) is 0.533. The molecule has 4 heteroatoms. The summed E-state index contributed by atoms with van der Waals surface area (Å²) in [5, 5.41) is 0. The Morgan fingerprint density at radius 1 is 1.16 bits per heavy atom. The molecule has 2 saturated heterocycles. The molecule has 2 aliphatic rings. The van der Waals surface area contributed by atoms with Gasteiger partial charge in [-0.1, -0.05) is 30.3 Å².